The van der Waals surface area contributed by atoms with Crippen molar-refractivity contribution < 1.29 is 13.2 Å². The molecule has 160 valence electrons. The van der Waals surface area contributed by atoms with E-state index in [1.807, 2.05) is 30.3 Å². The van der Waals surface area contributed by atoms with Gasteiger partial charge in [0.15, 0.2) is 0 Å². The Labute approximate surface area is 181 Å². The predicted octanol–water partition coefficient (Wildman–Crippen LogP) is 3.36. The Morgan fingerprint density at radius 3 is 2.43 bits per heavy atom. The van der Waals surface area contributed by atoms with Gasteiger partial charge in [-0.05, 0) is 43.5 Å². The topological polar surface area (TPSA) is 116 Å². The van der Waals surface area contributed by atoms with Gasteiger partial charge in [-0.1, -0.05) is 26.0 Å². The van der Waals surface area contributed by atoms with Gasteiger partial charge in [0.2, 0.25) is 15.0 Å². The Hall–Kier alpha value is -2.77. The van der Waals surface area contributed by atoms with E-state index < -0.39 is 15.7 Å². The van der Waals surface area contributed by atoms with Gasteiger partial charge in [0, 0.05) is 30.3 Å². The summed E-state index contributed by atoms with van der Waals surface area (Å²) in [5.74, 6) is -0.823. The van der Waals surface area contributed by atoms with Crippen molar-refractivity contribution in [1.82, 2.24) is 9.36 Å². The van der Waals surface area contributed by atoms with Gasteiger partial charge in [0.25, 0.3) is 11.1 Å². The van der Waals surface area contributed by atoms with Crippen molar-refractivity contribution >= 4 is 44.2 Å². The Morgan fingerprint density at radius 1 is 1.27 bits per heavy atom. The molecule has 0 saturated carbocycles. The first-order valence-corrected chi connectivity index (χ1v) is 12.0. The van der Waals surface area contributed by atoms with Gasteiger partial charge in [-0.25, -0.2) is 8.42 Å². The van der Waals surface area contributed by atoms with Gasteiger partial charge in [0.05, 0.1) is 5.75 Å². The maximum atomic E-state index is 12.4. The van der Waals surface area contributed by atoms with Crippen LogP contribution in [0.1, 0.15) is 33.3 Å². The largest absolute Gasteiger partial charge is 0.372 e. The molecule has 30 heavy (non-hydrogen) atoms. The summed E-state index contributed by atoms with van der Waals surface area (Å²) < 4.78 is 28.2. The van der Waals surface area contributed by atoms with Crippen LogP contribution in [-0.2, 0) is 14.6 Å². The Balaban J connectivity index is 2.15. The van der Waals surface area contributed by atoms with E-state index >= 15 is 0 Å². The molecule has 2 aromatic rings. The molecule has 0 radical (unpaired) electrons. The lowest BCUT2D eigenvalue weighted by molar-refractivity contribution is -0.112. The normalized spacial score (nSPS) is 11.9. The van der Waals surface area contributed by atoms with Crippen molar-refractivity contribution in [3.05, 3.63) is 35.4 Å². The average Bonchev–Trinajstić information content (AvgIpc) is 3.16. The number of nitriles is 1. The fourth-order valence-electron chi connectivity index (χ4n) is 2.75. The first-order chi connectivity index (χ1) is 14.2. The van der Waals surface area contributed by atoms with E-state index in [9.17, 15) is 18.5 Å². The Bertz CT molecular complexity index is 1050. The summed E-state index contributed by atoms with van der Waals surface area (Å²) >= 11 is 0.762. The Kier molecular flexibility index (Phi) is 8.08. The van der Waals surface area contributed by atoms with Crippen LogP contribution in [0.3, 0.4) is 0 Å². The van der Waals surface area contributed by atoms with Crippen LogP contribution in [0.25, 0.3) is 6.08 Å². The van der Waals surface area contributed by atoms with Crippen LogP contribution in [0.5, 0.6) is 0 Å². The molecule has 1 heterocycles. The molecule has 0 fully saturated rings. The zero-order valence-corrected chi connectivity index (χ0v) is 19.0. The third-order valence-electron chi connectivity index (χ3n) is 4.16. The summed E-state index contributed by atoms with van der Waals surface area (Å²) in [7, 11) is -3.61. The zero-order chi connectivity index (χ0) is 22.3. The highest BCUT2D eigenvalue weighted by atomic mass is 32.2. The number of benzene rings is 1. The molecule has 1 aromatic heterocycles. The first-order valence-electron chi connectivity index (χ1n) is 9.54. The van der Waals surface area contributed by atoms with Crippen molar-refractivity contribution in [1.29, 1.82) is 5.26 Å². The lowest BCUT2D eigenvalue weighted by Gasteiger charge is -2.20. The summed E-state index contributed by atoms with van der Waals surface area (Å²) in [6.07, 6.45) is 1.47. The second kappa shape index (κ2) is 10.3. The maximum Gasteiger partial charge on any atom is 0.268 e. The fraction of sp³-hybridized carbons (Fsp3) is 0.400. The molecule has 0 atom stereocenters. The number of anilines is 2. The minimum atomic E-state index is -3.61. The zero-order valence-electron chi connectivity index (χ0n) is 17.4. The molecule has 0 aliphatic heterocycles. The first kappa shape index (κ1) is 23.5. The third-order valence-corrected chi connectivity index (χ3v) is 6.75. The number of nitrogens with zero attached hydrogens (tertiary/aromatic N) is 4. The number of hydrogen-bond donors (Lipinski definition) is 1. The highest BCUT2D eigenvalue weighted by Gasteiger charge is 2.23. The number of nitrogens with one attached hydrogen (secondary N) is 1. The second-order valence-corrected chi connectivity index (χ2v) is 9.62. The number of sulfone groups is 1. The number of amides is 1. The molecule has 8 nitrogen and oxygen atoms in total. The number of hydrogen-bond acceptors (Lipinski definition) is 8. The molecule has 0 spiro atoms. The van der Waals surface area contributed by atoms with Gasteiger partial charge >= 0.3 is 0 Å². The van der Waals surface area contributed by atoms with Crippen LogP contribution in [0.15, 0.2) is 35.0 Å². The Morgan fingerprint density at radius 2 is 1.90 bits per heavy atom. The van der Waals surface area contributed by atoms with E-state index in [0.29, 0.717) is 5.56 Å². The second-order valence-electron chi connectivity index (χ2n) is 6.95. The van der Waals surface area contributed by atoms with Crippen molar-refractivity contribution in [2.45, 2.75) is 32.9 Å². The number of carbonyl (C=O) groups excluding carboxylic acids is 1. The van der Waals surface area contributed by atoms with E-state index in [1.165, 1.54) is 6.08 Å². The maximum absolute atomic E-state index is 12.4. The SMILES string of the molecule is CCN(CC)c1ccc(/C=C(/C#N)C(=O)Nc2nc(S(=O)(=O)CC(C)C)ns2)cc1. The smallest absolute Gasteiger partial charge is 0.268 e. The number of carbonyl (C=O) groups is 1. The summed E-state index contributed by atoms with van der Waals surface area (Å²) in [6.45, 7) is 9.48. The minimum absolute atomic E-state index is 0.0281. The molecule has 1 amide bonds. The number of rotatable bonds is 9. The fourth-order valence-corrected chi connectivity index (χ4v) is 5.10. The lowest BCUT2D eigenvalue weighted by Crippen LogP contribution is -2.21. The van der Waals surface area contributed by atoms with Crippen LogP contribution in [0.2, 0.25) is 0 Å². The summed E-state index contributed by atoms with van der Waals surface area (Å²) in [5.41, 5.74) is 1.64. The van der Waals surface area contributed by atoms with Gasteiger partial charge < -0.3 is 4.90 Å². The van der Waals surface area contributed by atoms with Gasteiger partial charge in [-0.2, -0.15) is 14.6 Å². The highest BCUT2D eigenvalue weighted by Crippen LogP contribution is 2.20. The molecule has 2 rings (SSSR count). The molecule has 0 saturated heterocycles. The number of aromatic nitrogens is 2. The van der Waals surface area contributed by atoms with Crippen molar-refractivity contribution in [3.63, 3.8) is 0 Å². The van der Waals surface area contributed by atoms with E-state index in [4.69, 9.17) is 0 Å². The summed E-state index contributed by atoms with van der Waals surface area (Å²) in [4.78, 5) is 18.5. The van der Waals surface area contributed by atoms with E-state index in [2.05, 4.69) is 33.4 Å². The molecule has 0 bridgehead atoms. The predicted molar refractivity (Wildman–Crippen MR) is 119 cm³/mol. The molecule has 10 heteroatoms. The summed E-state index contributed by atoms with van der Waals surface area (Å²) in [5, 5.41) is 11.5. The minimum Gasteiger partial charge on any atom is -0.372 e. The molecule has 1 N–H and O–H groups in total. The standard InChI is InChI=1S/C20H25N5O3S2/c1-5-25(6-2)17-9-7-15(8-10-17)11-16(12-21)18(26)22-19-23-20(24-29-19)30(27,28)13-14(3)4/h7-11,14H,5-6,13H2,1-4H3,(H,22,23,24,26)/b16-11-. The molecule has 1 aromatic carbocycles. The molecule has 0 unspecified atom stereocenters. The molecule has 0 aliphatic carbocycles. The van der Waals surface area contributed by atoms with E-state index in [1.54, 1.807) is 13.8 Å². The highest BCUT2D eigenvalue weighted by molar-refractivity contribution is 7.91. The molecular formula is C20H25N5O3S2. The van der Waals surface area contributed by atoms with E-state index in [0.717, 1.165) is 30.3 Å². The average molecular weight is 448 g/mol. The third kappa shape index (κ3) is 6.11. The van der Waals surface area contributed by atoms with Crippen molar-refractivity contribution in [3.8, 4) is 6.07 Å². The lowest BCUT2D eigenvalue weighted by atomic mass is 10.1. The molecule has 0 aliphatic rings. The molecular weight excluding hydrogens is 422 g/mol. The van der Waals surface area contributed by atoms with Gasteiger partial charge in [-0.3, -0.25) is 10.1 Å². The van der Waals surface area contributed by atoms with Crippen LogP contribution >= 0.6 is 11.5 Å². The van der Waals surface area contributed by atoms with E-state index in [-0.39, 0.29) is 27.5 Å². The monoisotopic (exact) mass is 447 g/mol. The van der Waals surface area contributed by atoms with Crippen LogP contribution in [0.4, 0.5) is 10.8 Å². The van der Waals surface area contributed by atoms with Crippen LogP contribution in [-0.4, -0.2) is 42.5 Å². The van der Waals surface area contributed by atoms with Crippen LogP contribution < -0.4 is 10.2 Å². The van der Waals surface area contributed by atoms with Gasteiger partial charge in [-0.15, -0.1) is 0 Å². The van der Waals surface area contributed by atoms with Crippen molar-refractivity contribution in [2.24, 2.45) is 5.92 Å². The quantitative estimate of drug-likeness (QED) is 0.463. The van der Waals surface area contributed by atoms with Gasteiger partial charge in [0.1, 0.15) is 11.6 Å². The van der Waals surface area contributed by atoms with Crippen LogP contribution in [0, 0.1) is 17.2 Å². The summed E-state index contributed by atoms with van der Waals surface area (Å²) in [6, 6.07) is 9.40. The van der Waals surface area contributed by atoms with Crippen molar-refractivity contribution in [2.75, 3.05) is 29.1 Å².